The molecule has 98 valence electrons. The summed E-state index contributed by atoms with van der Waals surface area (Å²) in [6.45, 7) is 1.93. The molecule has 5 heteroatoms. The Kier molecular flexibility index (Phi) is 4.43. The van der Waals surface area contributed by atoms with E-state index in [2.05, 4.69) is 33.2 Å². The highest BCUT2D eigenvalue weighted by Gasteiger charge is 2.20. The molecule has 1 fully saturated rings. The van der Waals surface area contributed by atoms with Crippen molar-refractivity contribution in [3.63, 3.8) is 0 Å². The lowest BCUT2D eigenvalue weighted by Crippen LogP contribution is -2.18. The maximum absolute atomic E-state index is 12.0. The van der Waals surface area contributed by atoms with Crippen LogP contribution < -0.4 is 10.6 Å². The van der Waals surface area contributed by atoms with Gasteiger partial charge < -0.3 is 10.6 Å². The van der Waals surface area contributed by atoms with Crippen molar-refractivity contribution in [2.75, 3.05) is 5.32 Å². The van der Waals surface area contributed by atoms with Crippen LogP contribution in [-0.2, 0) is 4.79 Å². The Morgan fingerprint density at radius 2 is 2.26 bits per heavy atom. The summed E-state index contributed by atoms with van der Waals surface area (Å²) in [5.74, 6) is -0.375. The summed E-state index contributed by atoms with van der Waals surface area (Å²) < 4.78 is 1.11. The van der Waals surface area contributed by atoms with Crippen LogP contribution in [0.4, 0.5) is 5.69 Å². The van der Waals surface area contributed by atoms with Gasteiger partial charge in [-0.1, -0.05) is 0 Å². The quantitative estimate of drug-likeness (QED) is 0.489. The predicted octanol–water partition coefficient (Wildman–Crippen LogP) is 2.70. The predicted molar refractivity (Wildman–Crippen MR) is 82.4 cm³/mol. The highest BCUT2D eigenvalue weighted by atomic mass is 127. The number of anilines is 1. The molecule has 1 amide bonds. The van der Waals surface area contributed by atoms with Gasteiger partial charge in [0.25, 0.3) is 5.91 Å². The van der Waals surface area contributed by atoms with Gasteiger partial charge in [-0.3, -0.25) is 4.79 Å². The minimum atomic E-state index is -0.375. The SMILES string of the molecule is Cc1cc(I)ccc1NC(=O)/C(C#N)=C\NC1CC1. The Bertz CT molecular complexity index is 571. The van der Waals surface area contributed by atoms with E-state index in [9.17, 15) is 4.79 Å². The molecule has 1 aromatic rings. The lowest BCUT2D eigenvalue weighted by atomic mass is 10.2. The molecule has 0 aliphatic heterocycles. The normalized spacial score (nSPS) is 14.7. The minimum absolute atomic E-state index is 0.102. The van der Waals surface area contributed by atoms with Gasteiger partial charge in [0.2, 0.25) is 0 Å². The summed E-state index contributed by atoms with van der Waals surface area (Å²) in [6, 6.07) is 8.09. The zero-order chi connectivity index (χ0) is 13.8. The number of nitriles is 1. The van der Waals surface area contributed by atoms with Crippen LogP contribution in [0.2, 0.25) is 0 Å². The smallest absolute Gasteiger partial charge is 0.267 e. The van der Waals surface area contributed by atoms with Crippen LogP contribution in [-0.4, -0.2) is 11.9 Å². The number of carbonyl (C=O) groups excluding carboxylic acids is 1. The molecule has 0 bridgehead atoms. The number of hydrogen-bond donors (Lipinski definition) is 2. The van der Waals surface area contributed by atoms with Crippen molar-refractivity contribution in [1.29, 1.82) is 5.26 Å². The number of aryl methyl sites for hydroxylation is 1. The fourth-order valence-corrected chi connectivity index (χ4v) is 2.20. The molecular weight excluding hydrogens is 353 g/mol. The molecule has 1 saturated carbocycles. The van der Waals surface area contributed by atoms with Gasteiger partial charge in [-0.15, -0.1) is 0 Å². The van der Waals surface area contributed by atoms with Crippen molar-refractivity contribution in [3.05, 3.63) is 39.1 Å². The first-order chi connectivity index (χ1) is 9.10. The maximum Gasteiger partial charge on any atom is 0.267 e. The number of nitrogens with zero attached hydrogens (tertiary/aromatic N) is 1. The van der Waals surface area contributed by atoms with Gasteiger partial charge in [0, 0.05) is 21.5 Å². The molecule has 0 radical (unpaired) electrons. The molecule has 0 heterocycles. The fraction of sp³-hybridized carbons (Fsp3) is 0.286. The number of hydrogen-bond acceptors (Lipinski definition) is 3. The molecule has 1 aliphatic rings. The van der Waals surface area contributed by atoms with Crippen LogP contribution in [0.5, 0.6) is 0 Å². The number of benzene rings is 1. The molecular formula is C14H14IN3O. The molecule has 2 rings (SSSR count). The van der Waals surface area contributed by atoms with Crippen molar-refractivity contribution >= 4 is 34.2 Å². The number of carbonyl (C=O) groups is 1. The van der Waals surface area contributed by atoms with Crippen molar-refractivity contribution in [2.24, 2.45) is 0 Å². The summed E-state index contributed by atoms with van der Waals surface area (Å²) in [4.78, 5) is 12.0. The van der Waals surface area contributed by atoms with Crippen molar-refractivity contribution < 1.29 is 4.79 Å². The number of amides is 1. The van der Waals surface area contributed by atoms with Crippen LogP contribution in [0.15, 0.2) is 30.0 Å². The van der Waals surface area contributed by atoms with E-state index in [0.29, 0.717) is 6.04 Å². The summed E-state index contributed by atoms with van der Waals surface area (Å²) in [6.07, 6.45) is 3.72. The Morgan fingerprint density at radius 3 is 2.84 bits per heavy atom. The monoisotopic (exact) mass is 367 g/mol. The maximum atomic E-state index is 12.0. The van der Waals surface area contributed by atoms with Crippen LogP contribution in [0, 0.1) is 21.8 Å². The van der Waals surface area contributed by atoms with Gasteiger partial charge in [0.1, 0.15) is 11.6 Å². The first kappa shape index (κ1) is 13.9. The lowest BCUT2D eigenvalue weighted by molar-refractivity contribution is -0.112. The molecule has 0 aromatic heterocycles. The van der Waals surface area contributed by atoms with E-state index in [1.165, 1.54) is 6.20 Å². The van der Waals surface area contributed by atoms with Crippen molar-refractivity contribution in [1.82, 2.24) is 5.32 Å². The van der Waals surface area contributed by atoms with E-state index >= 15 is 0 Å². The third-order valence-corrected chi connectivity index (χ3v) is 3.51. The van der Waals surface area contributed by atoms with E-state index in [1.807, 2.05) is 31.2 Å². The van der Waals surface area contributed by atoms with Crippen LogP contribution in [0.3, 0.4) is 0 Å². The van der Waals surface area contributed by atoms with Crippen LogP contribution >= 0.6 is 22.6 Å². The molecule has 1 aromatic carbocycles. The summed E-state index contributed by atoms with van der Waals surface area (Å²) >= 11 is 2.22. The first-order valence-electron chi connectivity index (χ1n) is 6.04. The van der Waals surface area contributed by atoms with E-state index < -0.39 is 0 Å². The molecule has 1 aliphatic carbocycles. The highest BCUT2D eigenvalue weighted by Crippen LogP contribution is 2.20. The van der Waals surface area contributed by atoms with Gasteiger partial charge in [-0.05, 0) is 66.1 Å². The van der Waals surface area contributed by atoms with Crippen LogP contribution in [0.1, 0.15) is 18.4 Å². The minimum Gasteiger partial charge on any atom is -0.387 e. The third-order valence-electron chi connectivity index (χ3n) is 2.84. The number of rotatable bonds is 4. The van der Waals surface area contributed by atoms with Gasteiger partial charge in [0.05, 0.1) is 0 Å². The molecule has 4 nitrogen and oxygen atoms in total. The van der Waals surface area contributed by atoms with E-state index in [-0.39, 0.29) is 11.5 Å². The zero-order valence-electron chi connectivity index (χ0n) is 10.5. The summed E-state index contributed by atoms with van der Waals surface area (Å²) in [5.41, 5.74) is 1.82. The Balaban J connectivity index is 2.06. The van der Waals surface area contributed by atoms with Gasteiger partial charge in [0.15, 0.2) is 0 Å². The Morgan fingerprint density at radius 1 is 1.53 bits per heavy atom. The largest absolute Gasteiger partial charge is 0.387 e. The molecule has 19 heavy (non-hydrogen) atoms. The van der Waals surface area contributed by atoms with E-state index in [0.717, 1.165) is 27.7 Å². The zero-order valence-corrected chi connectivity index (χ0v) is 12.7. The molecule has 2 N–H and O–H groups in total. The van der Waals surface area contributed by atoms with Gasteiger partial charge in [-0.2, -0.15) is 5.26 Å². The first-order valence-corrected chi connectivity index (χ1v) is 7.12. The Hall–Kier alpha value is -1.55. The molecule has 0 unspecified atom stereocenters. The van der Waals surface area contributed by atoms with Crippen LogP contribution in [0.25, 0.3) is 0 Å². The second-order valence-electron chi connectivity index (χ2n) is 4.52. The topological polar surface area (TPSA) is 64.9 Å². The molecule has 0 spiro atoms. The molecule has 0 atom stereocenters. The number of halogens is 1. The fourth-order valence-electron chi connectivity index (χ4n) is 1.56. The van der Waals surface area contributed by atoms with Gasteiger partial charge >= 0.3 is 0 Å². The van der Waals surface area contributed by atoms with Crippen molar-refractivity contribution in [2.45, 2.75) is 25.8 Å². The van der Waals surface area contributed by atoms with E-state index in [1.54, 1.807) is 0 Å². The second kappa shape index (κ2) is 6.06. The summed E-state index contributed by atoms with van der Waals surface area (Å²) in [5, 5.41) is 14.8. The second-order valence-corrected chi connectivity index (χ2v) is 5.77. The lowest BCUT2D eigenvalue weighted by Gasteiger charge is -2.08. The average Bonchev–Trinajstić information content (AvgIpc) is 3.17. The third kappa shape index (κ3) is 3.96. The van der Waals surface area contributed by atoms with Gasteiger partial charge in [-0.25, -0.2) is 0 Å². The Labute approximate surface area is 126 Å². The van der Waals surface area contributed by atoms with E-state index in [4.69, 9.17) is 5.26 Å². The highest BCUT2D eigenvalue weighted by molar-refractivity contribution is 14.1. The van der Waals surface area contributed by atoms with Crippen molar-refractivity contribution in [3.8, 4) is 6.07 Å². The molecule has 0 saturated heterocycles. The standard InChI is InChI=1S/C14H14IN3O/c1-9-6-11(15)2-5-13(9)18-14(19)10(7-16)8-17-12-3-4-12/h2,5-6,8,12,17H,3-4H2,1H3,(H,18,19)/b10-8-. The summed E-state index contributed by atoms with van der Waals surface area (Å²) in [7, 11) is 0. The average molecular weight is 367 g/mol. The number of nitrogens with one attached hydrogen (secondary N) is 2.